The molecule has 0 amide bonds. The van der Waals surface area contributed by atoms with Crippen molar-refractivity contribution >= 4 is 29.9 Å². The number of nitrogens with zero attached hydrogens (tertiary/aromatic N) is 3. The summed E-state index contributed by atoms with van der Waals surface area (Å²) in [7, 11) is 7.95. The number of methoxy groups -OCH3 is 1. The van der Waals surface area contributed by atoms with Crippen LogP contribution in [0.1, 0.15) is 31.4 Å². The van der Waals surface area contributed by atoms with E-state index in [9.17, 15) is 0 Å². The lowest BCUT2D eigenvalue weighted by Crippen LogP contribution is -2.40. The van der Waals surface area contributed by atoms with Crippen LogP contribution >= 0.6 is 24.0 Å². The molecule has 1 aromatic carbocycles. The molecule has 0 aliphatic carbocycles. The van der Waals surface area contributed by atoms with Gasteiger partial charge < -0.3 is 19.9 Å². The number of guanidine groups is 1. The summed E-state index contributed by atoms with van der Waals surface area (Å²) < 4.78 is 5.53. The van der Waals surface area contributed by atoms with E-state index in [0.717, 1.165) is 43.2 Å². The first-order valence-corrected chi connectivity index (χ1v) is 8.94. The predicted octanol–water partition coefficient (Wildman–Crippen LogP) is 3.78. The van der Waals surface area contributed by atoms with Crippen molar-refractivity contribution in [3.8, 4) is 5.75 Å². The molecule has 0 saturated heterocycles. The summed E-state index contributed by atoms with van der Waals surface area (Å²) in [5.41, 5.74) is 1.16. The fraction of sp³-hybridized carbons (Fsp3) is 0.550. The SMILES string of the molecule is C=CCCCN(C)C(=NCC(c1ccccc1OC)N(C)C)NCC.I. The number of ether oxygens (including phenoxy) is 1. The standard InChI is InChI=1S/C20H34N4O.HI/c1-7-9-12-15-24(5)20(21-8-2)22-16-18(23(3)4)17-13-10-11-14-19(17)25-6;/h7,10-11,13-14,18H,1,8-9,12,15-16H2,2-6H3,(H,21,22);1H. The number of halogens is 1. The number of benzene rings is 1. The smallest absolute Gasteiger partial charge is 0.193 e. The largest absolute Gasteiger partial charge is 0.496 e. The van der Waals surface area contributed by atoms with E-state index in [4.69, 9.17) is 9.73 Å². The summed E-state index contributed by atoms with van der Waals surface area (Å²) in [5.74, 6) is 1.84. The molecule has 148 valence electrons. The van der Waals surface area contributed by atoms with Crippen LogP contribution in [0.25, 0.3) is 0 Å². The van der Waals surface area contributed by atoms with Crippen LogP contribution in [0.4, 0.5) is 0 Å². The van der Waals surface area contributed by atoms with Crippen molar-refractivity contribution in [2.75, 3.05) is 47.9 Å². The number of hydrogen-bond acceptors (Lipinski definition) is 3. The maximum atomic E-state index is 5.53. The average Bonchev–Trinajstić information content (AvgIpc) is 2.61. The van der Waals surface area contributed by atoms with Crippen molar-refractivity contribution in [3.05, 3.63) is 42.5 Å². The molecule has 0 saturated carbocycles. The van der Waals surface area contributed by atoms with Crippen LogP contribution in [-0.4, -0.2) is 63.6 Å². The van der Waals surface area contributed by atoms with Gasteiger partial charge in [0.05, 0.1) is 19.7 Å². The van der Waals surface area contributed by atoms with Gasteiger partial charge >= 0.3 is 0 Å². The Morgan fingerprint density at radius 2 is 2.00 bits per heavy atom. The van der Waals surface area contributed by atoms with Crippen LogP contribution in [-0.2, 0) is 0 Å². The summed E-state index contributed by atoms with van der Waals surface area (Å²) in [6, 6.07) is 8.31. The molecular weight excluding hydrogens is 439 g/mol. The third-order valence-corrected chi connectivity index (χ3v) is 4.13. The van der Waals surface area contributed by atoms with Crippen LogP contribution in [0, 0.1) is 0 Å². The number of allylic oxidation sites excluding steroid dienone is 1. The van der Waals surface area contributed by atoms with Gasteiger partial charge in [0.15, 0.2) is 5.96 Å². The molecule has 0 heterocycles. The van der Waals surface area contributed by atoms with Gasteiger partial charge in [-0.1, -0.05) is 24.3 Å². The van der Waals surface area contributed by atoms with Gasteiger partial charge in [0.2, 0.25) is 0 Å². The molecule has 0 aliphatic heterocycles. The minimum atomic E-state index is 0. The van der Waals surface area contributed by atoms with E-state index in [1.807, 2.05) is 24.3 Å². The Labute approximate surface area is 176 Å². The quantitative estimate of drug-likeness (QED) is 0.184. The van der Waals surface area contributed by atoms with E-state index in [-0.39, 0.29) is 30.0 Å². The summed E-state index contributed by atoms with van der Waals surface area (Å²) in [6.45, 7) is 8.36. The summed E-state index contributed by atoms with van der Waals surface area (Å²) in [4.78, 5) is 9.24. The molecule has 1 unspecified atom stereocenters. The zero-order valence-corrected chi connectivity index (χ0v) is 19.2. The molecule has 0 fully saturated rings. The number of rotatable bonds is 10. The molecule has 0 aliphatic rings. The maximum Gasteiger partial charge on any atom is 0.193 e. The first kappa shape index (κ1) is 24.7. The van der Waals surface area contributed by atoms with Crippen molar-refractivity contribution in [1.29, 1.82) is 0 Å². The lowest BCUT2D eigenvalue weighted by molar-refractivity contribution is 0.294. The molecule has 6 heteroatoms. The first-order valence-electron chi connectivity index (χ1n) is 8.94. The normalized spacial score (nSPS) is 12.3. The highest BCUT2D eigenvalue weighted by Crippen LogP contribution is 2.28. The van der Waals surface area contributed by atoms with Gasteiger partial charge in [-0.05, 0) is 39.9 Å². The second kappa shape index (κ2) is 13.9. The van der Waals surface area contributed by atoms with E-state index in [1.165, 1.54) is 0 Å². The minimum absolute atomic E-state index is 0. The Morgan fingerprint density at radius 3 is 2.58 bits per heavy atom. The van der Waals surface area contributed by atoms with Crippen LogP contribution in [0.2, 0.25) is 0 Å². The summed E-state index contributed by atoms with van der Waals surface area (Å²) in [5, 5.41) is 3.38. The lowest BCUT2D eigenvalue weighted by Gasteiger charge is -2.27. The summed E-state index contributed by atoms with van der Waals surface area (Å²) >= 11 is 0. The van der Waals surface area contributed by atoms with E-state index in [0.29, 0.717) is 6.54 Å². The highest BCUT2D eigenvalue weighted by Gasteiger charge is 2.18. The molecule has 1 aromatic rings. The third-order valence-electron chi connectivity index (χ3n) is 4.13. The van der Waals surface area contributed by atoms with Crippen molar-refractivity contribution in [2.45, 2.75) is 25.8 Å². The molecule has 1 rings (SSSR count). The molecule has 26 heavy (non-hydrogen) atoms. The van der Waals surface area contributed by atoms with E-state index in [1.54, 1.807) is 7.11 Å². The van der Waals surface area contributed by atoms with Crippen LogP contribution in [0.15, 0.2) is 41.9 Å². The maximum absolute atomic E-state index is 5.53. The number of likely N-dealkylation sites (N-methyl/N-ethyl adjacent to an activating group) is 1. The van der Waals surface area contributed by atoms with Gasteiger partial charge in [-0.3, -0.25) is 4.99 Å². The second-order valence-electron chi connectivity index (χ2n) is 6.27. The number of para-hydroxylation sites is 1. The predicted molar refractivity (Wildman–Crippen MR) is 123 cm³/mol. The lowest BCUT2D eigenvalue weighted by atomic mass is 10.0. The van der Waals surface area contributed by atoms with E-state index >= 15 is 0 Å². The third kappa shape index (κ3) is 7.95. The molecule has 1 atom stereocenters. The van der Waals surface area contributed by atoms with Gasteiger partial charge in [-0.15, -0.1) is 30.6 Å². The van der Waals surface area contributed by atoms with Crippen molar-refractivity contribution in [2.24, 2.45) is 4.99 Å². The Kier molecular flexibility index (Phi) is 13.2. The van der Waals surface area contributed by atoms with Crippen LogP contribution in [0.3, 0.4) is 0 Å². The molecule has 5 nitrogen and oxygen atoms in total. The zero-order chi connectivity index (χ0) is 18.7. The molecule has 0 aromatic heterocycles. The van der Waals surface area contributed by atoms with E-state index < -0.39 is 0 Å². The minimum Gasteiger partial charge on any atom is -0.496 e. The molecule has 0 bridgehead atoms. The number of unbranched alkanes of at least 4 members (excludes halogenated alkanes) is 1. The highest BCUT2D eigenvalue weighted by molar-refractivity contribution is 14.0. The Hall–Kier alpha value is -1.28. The van der Waals surface area contributed by atoms with Crippen molar-refractivity contribution < 1.29 is 4.74 Å². The molecule has 0 spiro atoms. The van der Waals surface area contributed by atoms with Crippen molar-refractivity contribution in [1.82, 2.24) is 15.1 Å². The van der Waals surface area contributed by atoms with Crippen molar-refractivity contribution in [3.63, 3.8) is 0 Å². The van der Waals surface area contributed by atoms with E-state index in [2.05, 4.69) is 55.8 Å². The molecule has 1 N–H and O–H groups in total. The van der Waals surface area contributed by atoms with Crippen LogP contribution in [0.5, 0.6) is 5.75 Å². The number of aliphatic imine (C=N–C) groups is 1. The van der Waals surface area contributed by atoms with Crippen LogP contribution < -0.4 is 10.1 Å². The van der Waals surface area contributed by atoms with Gasteiger partial charge in [0.1, 0.15) is 5.75 Å². The monoisotopic (exact) mass is 474 g/mol. The zero-order valence-electron chi connectivity index (χ0n) is 16.9. The number of hydrogen-bond donors (Lipinski definition) is 1. The Balaban J connectivity index is 0.00000625. The van der Waals surface area contributed by atoms with Gasteiger partial charge in [0.25, 0.3) is 0 Å². The second-order valence-corrected chi connectivity index (χ2v) is 6.27. The summed E-state index contributed by atoms with van der Waals surface area (Å²) in [6.07, 6.45) is 4.06. The van der Waals surface area contributed by atoms with Gasteiger partial charge in [0, 0.05) is 25.7 Å². The topological polar surface area (TPSA) is 40.1 Å². The Morgan fingerprint density at radius 1 is 1.31 bits per heavy atom. The molecule has 0 radical (unpaired) electrons. The van der Waals surface area contributed by atoms with Gasteiger partial charge in [-0.25, -0.2) is 0 Å². The Bertz CT molecular complexity index is 548. The first-order chi connectivity index (χ1) is 12.0. The number of nitrogens with one attached hydrogen (secondary N) is 1. The highest BCUT2D eigenvalue weighted by atomic mass is 127. The average molecular weight is 474 g/mol. The molecular formula is C20H35IN4O. The van der Waals surface area contributed by atoms with Gasteiger partial charge in [-0.2, -0.15) is 0 Å². The fourth-order valence-electron chi connectivity index (χ4n) is 2.70. The fourth-order valence-corrected chi connectivity index (χ4v) is 2.70.